The van der Waals surface area contributed by atoms with Gasteiger partial charge in [0.2, 0.25) is 0 Å². The zero-order chi connectivity index (χ0) is 54.1. The third kappa shape index (κ3) is 57.7. The quantitative estimate of drug-likeness (QED) is 0.0211. The van der Waals surface area contributed by atoms with E-state index >= 15 is 0 Å². The van der Waals surface area contributed by atoms with Gasteiger partial charge in [0.15, 0.2) is 6.10 Å². The molecule has 0 bridgehead atoms. The summed E-state index contributed by atoms with van der Waals surface area (Å²) >= 11 is 0. The number of quaternary nitrogens is 1. The maximum Gasteiger partial charge on any atom is 0.361 e. The lowest BCUT2D eigenvalue weighted by molar-refractivity contribution is -0.870. The molecule has 9 heteroatoms. The van der Waals surface area contributed by atoms with Gasteiger partial charge in [-0.25, -0.2) is 4.79 Å². The molecule has 1 N–H and O–H groups in total. The van der Waals surface area contributed by atoms with Crippen LogP contribution in [-0.4, -0.2) is 87.4 Å². The second-order valence-corrected chi connectivity index (χ2v) is 23.4. The van der Waals surface area contributed by atoms with E-state index in [9.17, 15) is 19.5 Å². The Kier molecular flexibility index (Phi) is 55.7. The Bertz CT molecular complexity index is 1220. The van der Waals surface area contributed by atoms with Crippen LogP contribution in [0.3, 0.4) is 0 Å². The van der Waals surface area contributed by atoms with Crippen molar-refractivity contribution in [2.24, 2.45) is 0 Å². The maximum absolute atomic E-state index is 12.8. The molecule has 0 fully saturated rings. The molecule has 2 unspecified atom stereocenters. The van der Waals surface area contributed by atoms with E-state index in [2.05, 4.69) is 26.0 Å². The van der Waals surface area contributed by atoms with E-state index in [-0.39, 0.29) is 32.2 Å². The molecule has 9 nitrogen and oxygen atoms in total. The number of hydrogen-bond acceptors (Lipinski definition) is 7. The number of rotatable bonds is 61. The Morgan fingerprint density at radius 1 is 0.392 bits per heavy atom. The molecule has 0 radical (unpaired) electrons. The van der Waals surface area contributed by atoms with E-state index in [4.69, 9.17) is 18.9 Å². The van der Waals surface area contributed by atoms with Crippen molar-refractivity contribution in [3.63, 3.8) is 0 Å². The van der Waals surface area contributed by atoms with Gasteiger partial charge >= 0.3 is 17.9 Å². The molecule has 0 rings (SSSR count). The minimum atomic E-state index is -1.51. The largest absolute Gasteiger partial charge is 0.477 e. The molecule has 0 saturated carbocycles. The third-order valence-electron chi connectivity index (χ3n) is 14.8. The molecule has 0 aliphatic heterocycles. The van der Waals surface area contributed by atoms with E-state index in [0.717, 1.165) is 51.4 Å². The van der Waals surface area contributed by atoms with Crippen LogP contribution in [0.1, 0.15) is 328 Å². The standard InChI is InChI=1S/C65H125NO8/c1-6-8-10-12-14-16-18-20-21-22-23-24-25-26-27-28-29-30-31-32-33-34-35-36-37-38-39-40-41-42-43-44-46-47-49-51-53-55-62(67)72-59-61(60-73-65(64(69)70)71-58-57-66(3,4)5)74-63(68)56-54-52-50-48-45-19-17-15-13-11-9-7-2/h15,17,61,65H,6-14,16,18-60H2,1-5H3/p+1/b17-15-. The van der Waals surface area contributed by atoms with Gasteiger partial charge in [0.25, 0.3) is 6.29 Å². The van der Waals surface area contributed by atoms with Gasteiger partial charge in [-0.05, 0) is 38.5 Å². The zero-order valence-electron chi connectivity index (χ0n) is 50.0. The zero-order valence-corrected chi connectivity index (χ0v) is 50.0. The van der Waals surface area contributed by atoms with Gasteiger partial charge < -0.3 is 28.5 Å². The summed E-state index contributed by atoms with van der Waals surface area (Å²) in [5.74, 6) is -2.00. The lowest BCUT2D eigenvalue weighted by atomic mass is 10.0. The van der Waals surface area contributed by atoms with Crippen molar-refractivity contribution in [3.8, 4) is 0 Å². The molecular weight excluding hydrogens is 923 g/mol. The first kappa shape index (κ1) is 72.0. The van der Waals surface area contributed by atoms with Gasteiger partial charge in [-0.15, -0.1) is 0 Å². The Morgan fingerprint density at radius 3 is 1.03 bits per heavy atom. The first-order valence-corrected chi connectivity index (χ1v) is 32.4. The van der Waals surface area contributed by atoms with Gasteiger partial charge in [0, 0.05) is 12.8 Å². The minimum absolute atomic E-state index is 0.179. The van der Waals surface area contributed by atoms with Gasteiger partial charge in [0.05, 0.1) is 34.4 Å². The maximum atomic E-state index is 12.8. The van der Waals surface area contributed by atoms with Crippen molar-refractivity contribution in [2.45, 2.75) is 341 Å². The molecule has 0 saturated heterocycles. The fraction of sp³-hybridized carbons (Fsp3) is 0.923. The van der Waals surface area contributed by atoms with Gasteiger partial charge in [-0.2, -0.15) is 0 Å². The predicted molar refractivity (Wildman–Crippen MR) is 314 cm³/mol. The van der Waals surface area contributed by atoms with E-state index in [1.165, 1.54) is 244 Å². The summed E-state index contributed by atoms with van der Waals surface area (Å²) in [6, 6.07) is 0. The highest BCUT2D eigenvalue weighted by atomic mass is 16.7. The normalized spacial score (nSPS) is 12.7. The number of carboxylic acids is 1. The number of carbonyl (C=O) groups excluding carboxylic acids is 2. The smallest absolute Gasteiger partial charge is 0.361 e. The highest BCUT2D eigenvalue weighted by molar-refractivity contribution is 5.71. The minimum Gasteiger partial charge on any atom is -0.477 e. The van der Waals surface area contributed by atoms with Gasteiger partial charge in [0.1, 0.15) is 13.2 Å². The number of carbonyl (C=O) groups is 3. The van der Waals surface area contributed by atoms with Crippen molar-refractivity contribution in [3.05, 3.63) is 12.2 Å². The second kappa shape index (κ2) is 57.2. The molecule has 0 amide bonds. The summed E-state index contributed by atoms with van der Waals surface area (Å²) in [6.07, 6.45) is 64.9. The third-order valence-corrected chi connectivity index (χ3v) is 14.8. The summed E-state index contributed by atoms with van der Waals surface area (Å²) in [7, 11) is 5.97. The van der Waals surface area contributed by atoms with Crippen molar-refractivity contribution in [1.82, 2.24) is 0 Å². The predicted octanol–water partition coefficient (Wildman–Crippen LogP) is 19.3. The number of allylic oxidation sites excluding steroid dienone is 2. The van der Waals surface area contributed by atoms with Crippen LogP contribution in [0.25, 0.3) is 0 Å². The average Bonchev–Trinajstić information content (AvgIpc) is 3.37. The van der Waals surface area contributed by atoms with Gasteiger partial charge in [-0.1, -0.05) is 289 Å². The molecule has 74 heavy (non-hydrogen) atoms. The molecule has 0 aliphatic carbocycles. The molecule has 0 aromatic heterocycles. The topological polar surface area (TPSA) is 108 Å². The number of carboxylic acid groups (broad SMARTS) is 1. The average molecular weight is 1050 g/mol. The summed E-state index contributed by atoms with van der Waals surface area (Å²) in [5, 5.41) is 9.68. The molecule has 0 spiro atoms. The van der Waals surface area contributed by atoms with Crippen LogP contribution in [-0.2, 0) is 33.3 Å². The monoisotopic (exact) mass is 1050 g/mol. The summed E-state index contributed by atoms with van der Waals surface area (Å²) < 4.78 is 22.8. The Hall–Kier alpha value is -1.97. The van der Waals surface area contributed by atoms with Crippen molar-refractivity contribution < 1.29 is 42.9 Å². The number of aliphatic carboxylic acids is 1. The lowest BCUT2D eigenvalue weighted by Gasteiger charge is -2.25. The van der Waals surface area contributed by atoms with Crippen LogP contribution in [0.4, 0.5) is 0 Å². The van der Waals surface area contributed by atoms with Crippen LogP contribution in [0, 0.1) is 0 Å². The summed E-state index contributed by atoms with van der Waals surface area (Å²) in [5.41, 5.74) is 0. The number of unbranched alkanes of at least 4 members (excludes halogenated alkanes) is 44. The molecule has 438 valence electrons. The summed E-state index contributed by atoms with van der Waals surface area (Å²) in [6.45, 7) is 4.89. The van der Waals surface area contributed by atoms with Crippen LogP contribution in [0.2, 0.25) is 0 Å². The molecule has 0 aliphatic rings. The van der Waals surface area contributed by atoms with E-state index in [0.29, 0.717) is 23.9 Å². The van der Waals surface area contributed by atoms with Crippen LogP contribution < -0.4 is 0 Å². The van der Waals surface area contributed by atoms with Crippen LogP contribution in [0.15, 0.2) is 12.2 Å². The molecule has 0 aromatic carbocycles. The Morgan fingerprint density at radius 2 is 0.689 bits per heavy atom. The summed E-state index contributed by atoms with van der Waals surface area (Å²) in [4.78, 5) is 37.3. The van der Waals surface area contributed by atoms with Crippen molar-refractivity contribution in [2.75, 3.05) is 47.5 Å². The van der Waals surface area contributed by atoms with Crippen LogP contribution >= 0.6 is 0 Å². The molecule has 0 aromatic rings. The molecule has 0 heterocycles. The Labute approximate surface area is 459 Å². The fourth-order valence-electron chi connectivity index (χ4n) is 9.78. The van der Waals surface area contributed by atoms with E-state index in [1.807, 2.05) is 21.1 Å². The second-order valence-electron chi connectivity index (χ2n) is 23.4. The van der Waals surface area contributed by atoms with E-state index < -0.39 is 24.3 Å². The Balaban J connectivity index is 3.87. The molecule has 2 atom stereocenters. The lowest BCUT2D eigenvalue weighted by Crippen LogP contribution is -2.40. The number of esters is 2. The first-order valence-electron chi connectivity index (χ1n) is 32.4. The number of hydrogen-bond donors (Lipinski definition) is 1. The van der Waals surface area contributed by atoms with Crippen molar-refractivity contribution in [1.29, 1.82) is 0 Å². The first-order chi connectivity index (χ1) is 36.1. The SMILES string of the molecule is CCCCC/C=C\CCCCCCCC(=O)OC(COC(=O)CCCCCCCCCCCCCCCCCCCCCCCCCCCCCCCCCCCCCCC)COC(OCC[N+](C)(C)C)C(=O)O. The highest BCUT2D eigenvalue weighted by Gasteiger charge is 2.25. The number of nitrogens with zero attached hydrogens (tertiary/aromatic N) is 1. The number of ether oxygens (including phenoxy) is 4. The van der Waals surface area contributed by atoms with E-state index in [1.54, 1.807) is 0 Å². The highest BCUT2D eigenvalue weighted by Crippen LogP contribution is 2.19. The number of likely N-dealkylation sites (N-methyl/N-ethyl adjacent to an activating group) is 1. The molecular formula is C65H126NO8+. The van der Waals surface area contributed by atoms with Gasteiger partial charge in [-0.3, -0.25) is 9.59 Å². The van der Waals surface area contributed by atoms with Crippen LogP contribution in [0.5, 0.6) is 0 Å². The fourth-order valence-corrected chi connectivity index (χ4v) is 9.78. The van der Waals surface area contributed by atoms with Crippen molar-refractivity contribution >= 4 is 17.9 Å².